The second-order valence-corrected chi connectivity index (χ2v) is 5.69. The lowest BCUT2D eigenvalue weighted by molar-refractivity contribution is 0.302. The Balaban J connectivity index is 2.21. The summed E-state index contributed by atoms with van der Waals surface area (Å²) in [6.45, 7) is 4.77. The van der Waals surface area contributed by atoms with E-state index in [1.165, 1.54) is 11.1 Å². The van der Waals surface area contributed by atoms with E-state index >= 15 is 0 Å². The lowest BCUT2D eigenvalue weighted by atomic mass is 10.1. The zero-order valence-electron chi connectivity index (χ0n) is 12.5. The summed E-state index contributed by atoms with van der Waals surface area (Å²) in [6.07, 6.45) is 1.96. The quantitative estimate of drug-likeness (QED) is 0.612. The molecule has 0 fully saturated rings. The van der Waals surface area contributed by atoms with Gasteiger partial charge in [-0.2, -0.15) is 0 Å². The standard InChI is InChI=1S/C18H20Cl2O/c1-3-13-5-6-14(4-2)18(9-13)21-12-16-10-17(20)8-7-15(16)11-19/h5-10H,3-4,11-12H2,1-2H3. The number of halogens is 2. The van der Waals surface area contributed by atoms with E-state index in [0.717, 1.165) is 29.7 Å². The summed E-state index contributed by atoms with van der Waals surface area (Å²) < 4.78 is 6.04. The van der Waals surface area contributed by atoms with Crippen LogP contribution in [0, 0.1) is 0 Å². The van der Waals surface area contributed by atoms with Gasteiger partial charge in [0.15, 0.2) is 0 Å². The average Bonchev–Trinajstić information content (AvgIpc) is 2.52. The van der Waals surface area contributed by atoms with Crippen LogP contribution in [0.5, 0.6) is 5.75 Å². The van der Waals surface area contributed by atoms with Crippen molar-refractivity contribution in [2.45, 2.75) is 39.2 Å². The van der Waals surface area contributed by atoms with Crippen molar-refractivity contribution >= 4 is 23.2 Å². The number of hydrogen-bond acceptors (Lipinski definition) is 1. The molecule has 0 heterocycles. The predicted molar refractivity (Wildman–Crippen MR) is 90.5 cm³/mol. The number of rotatable bonds is 6. The van der Waals surface area contributed by atoms with Crippen molar-refractivity contribution in [2.75, 3.05) is 0 Å². The summed E-state index contributed by atoms with van der Waals surface area (Å²) in [5, 5.41) is 0.709. The second-order valence-electron chi connectivity index (χ2n) is 4.98. The van der Waals surface area contributed by atoms with Crippen LogP contribution in [0.1, 0.15) is 36.1 Å². The fourth-order valence-electron chi connectivity index (χ4n) is 2.26. The second kappa shape index (κ2) is 7.72. The van der Waals surface area contributed by atoms with Gasteiger partial charge in [-0.1, -0.05) is 43.6 Å². The first-order chi connectivity index (χ1) is 10.2. The number of aryl methyl sites for hydroxylation is 2. The van der Waals surface area contributed by atoms with Gasteiger partial charge in [0.2, 0.25) is 0 Å². The molecular weight excluding hydrogens is 303 g/mol. The highest BCUT2D eigenvalue weighted by molar-refractivity contribution is 6.30. The van der Waals surface area contributed by atoms with Crippen LogP contribution in [-0.2, 0) is 25.3 Å². The summed E-state index contributed by atoms with van der Waals surface area (Å²) in [7, 11) is 0. The van der Waals surface area contributed by atoms with Crippen molar-refractivity contribution in [3.63, 3.8) is 0 Å². The molecule has 2 rings (SSSR count). The Bertz CT molecular complexity index is 608. The summed E-state index contributed by atoms with van der Waals surface area (Å²) in [6, 6.07) is 12.2. The monoisotopic (exact) mass is 322 g/mol. The molecule has 0 saturated heterocycles. The molecule has 1 nitrogen and oxygen atoms in total. The first kappa shape index (κ1) is 16.2. The van der Waals surface area contributed by atoms with Gasteiger partial charge < -0.3 is 4.74 Å². The van der Waals surface area contributed by atoms with E-state index in [0.29, 0.717) is 17.5 Å². The highest BCUT2D eigenvalue weighted by atomic mass is 35.5. The molecule has 0 unspecified atom stereocenters. The SMILES string of the molecule is CCc1ccc(CC)c(OCc2cc(Cl)ccc2CCl)c1. The molecule has 0 atom stereocenters. The minimum absolute atomic E-state index is 0.464. The maximum Gasteiger partial charge on any atom is 0.123 e. The first-order valence-corrected chi connectivity index (χ1v) is 8.17. The van der Waals surface area contributed by atoms with Crippen LogP contribution in [-0.4, -0.2) is 0 Å². The van der Waals surface area contributed by atoms with E-state index in [1.54, 1.807) is 0 Å². The van der Waals surface area contributed by atoms with Crippen molar-refractivity contribution in [2.24, 2.45) is 0 Å². The third-order valence-corrected chi connectivity index (χ3v) is 4.14. The van der Waals surface area contributed by atoms with E-state index in [2.05, 4.69) is 32.0 Å². The van der Waals surface area contributed by atoms with Crippen molar-refractivity contribution in [1.29, 1.82) is 0 Å². The summed E-state index contributed by atoms with van der Waals surface area (Å²) in [5.41, 5.74) is 4.61. The summed E-state index contributed by atoms with van der Waals surface area (Å²) in [4.78, 5) is 0. The van der Waals surface area contributed by atoms with Crippen LogP contribution in [0.3, 0.4) is 0 Å². The van der Waals surface area contributed by atoms with E-state index in [-0.39, 0.29) is 0 Å². The Kier molecular flexibility index (Phi) is 5.96. The molecule has 0 spiro atoms. The maximum absolute atomic E-state index is 6.06. The van der Waals surface area contributed by atoms with Gasteiger partial charge in [-0.3, -0.25) is 0 Å². The number of benzene rings is 2. The average molecular weight is 323 g/mol. The highest BCUT2D eigenvalue weighted by Crippen LogP contribution is 2.25. The molecule has 0 aliphatic carbocycles. The zero-order valence-corrected chi connectivity index (χ0v) is 14.0. The third-order valence-electron chi connectivity index (χ3n) is 3.62. The topological polar surface area (TPSA) is 9.23 Å². The molecule has 2 aromatic carbocycles. The third kappa shape index (κ3) is 4.15. The Morgan fingerprint density at radius 1 is 0.905 bits per heavy atom. The fraction of sp³-hybridized carbons (Fsp3) is 0.333. The largest absolute Gasteiger partial charge is 0.489 e. The Hall–Kier alpha value is -1.18. The van der Waals surface area contributed by atoms with E-state index in [4.69, 9.17) is 27.9 Å². The minimum atomic E-state index is 0.464. The van der Waals surface area contributed by atoms with Crippen molar-refractivity contribution in [1.82, 2.24) is 0 Å². The molecule has 21 heavy (non-hydrogen) atoms. The van der Waals surface area contributed by atoms with Crippen LogP contribution >= 0.6 is 23.2 Å². The van der Waals surface area contributed by atoms with Gasteiger partial charge in [-0.25, -0.2) is 0 Å². The molecular formula is C18H20Cl2O. The predicted octanol–water partition coefficient (Wildman–Crippen LogP) is 5.78. The molecule has 0 aliphatic heterocycles. The van der Waals surface area contributed by atoms with Crippen LogP contribution in [0.15, 0.2) is 36.4 Å². The summed E-state index contributed by atoms with van der Waals surface area (Å²) in [5.74, 6) is 1.42. The molecule has 2 aromatic rings. The number of alkyl halides is 1. The maximum atomic E-state index is 6.06. The smallest absolute Gasteiger partial charge is 0.123 e. The van der Waals surface area contributed by atoms with E-state index < -0.39 is 0 Å². The molecule has 0 saturated carbocycles. The number of hydrogen-bond donors (Lipinski definition) is 0. The molecule has 0 aliphatic rings. The van der Waals surface area contributed by atoms with Gasteiger partial charge >= 0.3 is 0 Å². The zero-order chi connectivity index (χ0) is 15.2. The van der Waals surface area contributed by atoms with Crippen molar-refractivity contribution in [3.05, 3.63) is 63.7 Å². The summed E-state index contributed by atoms with van der Waals surface area (Å²) >= 11 is 12.0. The lowest BCUT2D eigenvalue weighted by Crippen LogP contribution is -2.02. The van der Waals surface area contributed by atoms with Gasteiger partial charge in [0.05, 0.1) is 0 Å². The molecule has 0 radical (unpaired) electrons. The molecule has 112 valence electrons. The molecule has 0 N–H and O–H groups in total. The van der Waals surface area contributed by atoms with Crippen LogP contribution in [0.2, 0.25) is 5.02 Å². The lowest BCUT2D eigenvalue weighted by Gasteiger charge is -2.14. The van der Waals surface area contributed by atoms with Crippen LogP contribution in [0.4, 0.5) is 0 Å². The van der Waals surface area contributed by atoms with Crippen molar-refractivity contribution < 1.29 is 4.74 Å². The molecule has 0 aromatic heterocycles. The minimum Gasteiger partial charge on any atom is -0.489 e. The van der Waals surface area contributed by atoms with Crippen LogP contribution < -0.4 is 4.74 Å². The highest BCUT2D eigenvalue weighted by Gasteiger charge is 2.07. The van der Waals surface area contributed by atoms with Crippen LogP contribution in [0.25, 0.3) is 0 Å². The van der Waals surface area contributed by atoms with E-state index in [1.807, 2.05) is 18.2 Å². The van der Waals surface area contributed by atoms with E-state index in [9.17, 15) is 0 Å². The number of ether oxygens (including phenoxy) is 1. The molecule has 3 heteroatoms. The van der Waals surface area contributed by atoms with Gasteiger partial charge in [0, 0.05) is 10.9 Å². The normalized spacial score (nSPS) is 10.7. The van der Waals surface area contributed by atoms with Gasteiger partial charge in [0.1, 0.15) is 12.4 Å². The fourth-order valence-corrected chi connectivity index (χ4v) is 2.72. The first-order valence-electron chi connectivity index (χ1n) is 7.25. The Morgan fingerprint density at radius 3 is 2.33 bits per heavy atom. The Morgan fingerprint density at radius 2 is 1.67 bits per heavy atom. The van der Waals surface area contributed by atoms with Gasteiger partial charge in [0.25, 0.3) is 0 Å². The van der Waals surface area contributed by atoms with Gasteiger partial charge in [-0.05, 0) is 53.3 Å². The van der Waals surface area contributed by atoms with Crippen molar-refractivity contribution in [3.8, 4) is 5.75 Å². The van der Waals surface area contributed by atoms with Gasteiger partial charge in [-0.15, -0.1) is 11.6 Å². The Labute approximate surface area is 136 Å². The molecule has 0 bridgehead atoms. The molecule has 0 amide bonds.